The summed E-state index contributed by atoms with van der Waals surface area (Å²) in [7, 11) is 0. The second-order valence-electron chi connectivity index (χ2n) is 10.0. The zero-order chi connectivity index (χ0) is 28.7. The zero-order valence-corrected chi connectivity index (χ0v) is 26.6. The fourth-order valence-corrected chi connectivity index (χ4v) is 5.26. The predicted octanol–water partition coefficient (Wildman–Crippen LogP) is 10.4. The minimum Gasteiger partial charge on any atom is -0.674 e. The number of benzene rings is 6. The van der Waals surface area contributed by atoms with E-state index >= 15 is 0 Å². The monoisotopic (exact) mass is 610 g/mol. The summed E-state index contributed by atoms with van der Waals surface area (Å²) in [6, 6.07) is 50.0. The Labute approximate surface area is 265 Å². The van der Waals surface area contributed by atoms with E-state index in [1.54, 1.807) is 12.1 Å². The van der Waals surface area contributed by atoms with Crippen molar-refractivity contribution in [1.29, 1.82) is 0 Å². The van der Waals surface area contributed by atoms with Gasteiger partial charge < -0.3 is 20.8 Å². The van der Waals surface area contributed by atoms with E-state index in [0.717, 1.165) is 44.8 Å². The van der Waals surface area contributed by atoms with Crippen LogP contribution in [-0.2, 0) is 19.5 Å². The Morgan fingerprint density at radius 1 is 0.372 bits per heavy atom. The average Bonchev–Trinajstić information content (AvgIpc) is 3.05. The van der Waals surface area contributed by atoms with Gasteiger partial charge in [0.15, 0.2) is 0 Å². The van der Waals surface area contributed by atoms with Crippen molar-refractivity contribution < 1.29 is 29.7 Å². The van der Waals surface area contributed by atoms with Gasteiger partial charge in [0.05, 0.1) is 0 Å². The molecule has 0 saturated carbocycles. The Hall–Kier alpha value is -4.86. The maximum atomic E-state index is 10.8. The minimum absolute atomic E-state index is 0. The van der Waals surface area contributed by atoms with E-state index in [0.29, 0.717) is 0 Å². The summed E-state index contributed by atoms with van der Waals surface area (Å²) >= 11 is 0. The normalized spacial score (nSPS) is 12.0. The number of hydrogen-bond acceptors (Lipinski definition) is 2. The molecule has 6 aromatic carbocycles. The molecule has 0 aliphatic carbocycles. The predicted molar refractivity (Wildman–Crippen MR) is 171 cm³/mol. The molecule has 6 rings (SSSR count). The van der Waals surface area contributed by atoms with Crippen LogP contribution in [0.3, 0.4) is 0 Å². The molecule has 0 fully saturated rings. The van der Waals surface area contributed by atoms with Crippen LogP contribution in [0.2, 0.25) is 0 Å². The van der Waals surface area contributed by atoms with Crippen LogP contribution in [-0.4, -0.2) is 10.2 Å². The summed E-state index contributed by atoms with van der Waals surface area (Å²) in [4.78, 5) is 0. The third kappa shape index (κ3) is 6.64. The Morgan fingerprint density at radius 3 is 1.09 bits per heavy atom. The second-order valence-corrected chi connectivity index (χ2v) is 10.0. The van der Waals surface area contributed by atoms with E-state index in [1.807, 2.05) is 133 Å². The Kier molecular flexibility index (Phi) is 9.56. The fraction of sp³-hybridized carbons (Fsp3) is 0.0526. The molecule has 2 unspecified atom stereocenters. The van der Waals surface area contributed by atoms with Gasteiger partial charge in [0.2, 0.25) is 0 Å². The van der Waals surface area contributed by atoms with Crippen molar-refractivity contribution in [3.8, 4) is 22.6 Å². The summed E-state index contributed by atoms with van der Waals surface area (Å²) in [6.07, 6.45) is 0. The second kappa shape index (κ2) is 13.9. The zero-order valence-electron chi connectivity index (χ0n) is 23.7. The molecule has 0 aromatic heterocycles. The Morgan fingerprint density at radius 2 is 0.698 bits per heavy atom. The number of para-hydroxylation sites is 4. The molecular formula is C38H30N2O2Zn. The van der Waals surface area contributed by atoms with E-state index < -0.39 is 12.1 Å². The van der Waals surface area contributed by atoms with Crippen LogP contribution >= 0.6 is 0 Å². The molecule has 2 N–H and O–H groups in total. The number of aromatic hydroxyl groups is 2. The maximum Gasteiger partial charge on any atom is 2.00 e. The third-order valence-electron chi connectivity index (χ3n) is 7.33. The first-order chi connectivity index (χ1) is 20.7. The van der Waals surface area contributed by atoms with Crippen LogP contribution in [0.25, 0.3) is 21.8 Å². The van der Waals surface area contributed by atoms with Crippen molar-refractivity contribution >= 4 is 11.4 Å². The molecule has 4 nitrogen and oxygen atoms in total. The molecule has 0 aliphatic heterocycles. The molecule has 0 saturated heterocycles. The molecule has 0 heterocycles. The van der Waals surface area contributed by atoms with Gasteiger partial charge in [-0.05, 0) is 34.4 Å². The van der Waals surface area contributed by atoms with E-state index in [4.69, 9.17) is 10.6 Å². The number of phenolic OH excluding ortho intramolecular Hbond substituents is 2. The molecule has 43 heavy (non-hydrogen) atoms. The Bertz CT molecular complexity index is 1640. The number of phenols is 2. The van der Waals surface area contributed by atoms with Gasteiger partial charge >= 0.3 is 19.5 Å². The van der Waals surface area contributed by atoms with Gasteiger partial charge in [-0.1, -0.05) is 169 Å². The van der Waals surface area contributed by atoms with Crippen LogP contribution in [0.5, 0.6) is 11.5 Å². The topological polar surface area (TPSA) is 68.7 Å². The molecule has 0 spiro atoms. The molecule has 0 bridgehead atoms. The van der Waals surface area contributed by atoms with Gasteiger partial charge in [0.1, 0.15) is 11.5 Å². The van der Waals surface area contributed by atoms with Gasteiger partial charge in [-0.25, -0.2) is 0 Å². The van der Waals surface area contributed by atoms with Gasteiger partial charge in [0.25, 0.3) is 0 Å². The standard InChI is InChI=1S/C38H30N2O2.Zn/c41-35-25-13-9-21-31(35)37(27-15-3-1-4-16-27)39-33-23-11-7-19-29(33)30-20-8-12-24-34(30)40-38(28-17-5-2-6-18-28)32-22-10-14-26-36(32)42;/h1-26,37-38,41-42H;/q-2;+2. The van der Waals surface area contributed by atoms with Gasteiger partial charge in [-0.3, -0.25) is 0 Å². The Balaban J connectivity index is 0.00000368. The van der Waals surface area contributed by atoms with Crippen molar-refractivity contribution in [2.75, 3.05) is 0 Å². The minimum atomic E-state index is -0.406. The van der Waals surface area contributed by atoms with E-state index in [1.165, 1.54) is 0 Å². The SMILES string of the molecule is Oc1ccccc1C([N-]c1ccccc1-c1ccccc1[N-]C(c1ccccc1)c1ccccc1O)c1ccccc1.[Zn+2]. The summed E-state index contributed by atoms with van der Waals surface area (Å²) in [6.45, 7) is 0. The first-order valence-corrected chi connectivity index (χ1v) is 13.9. The summed E-state index contributed by atoms with van der Waals surface area (Å²) in [5, 5.41) is 32.1. The largest absolute Gasteiger partial charge is 2.00 e. The fourth-order valence-electron chi connectivity index (χ4n) is 5.26. The number of hydrogen-bond donors (Lipinski definition) is 2. The van der Waals surface area contributed by atoms with Crippen LogP contribution in [0.15, 0.2) is 158 Å². The third-order valence-corrected chi connectivity index (χ3v) is 7.33. The average molecular weight is 612 g/mol. The molecular weight excluding hydrogens is 582 g/mol. The number of nitrogens with zero attached hydrogens (tertiary/aromatic N) is 2. The first kappa shape index (κ1) is 29.6. The van der Waals surface area contributed by atoms with E-state index in [2.05, 4.69) is 12.1 Å². The summed E-state index contributed by atoms with van der Waals surface area (Å²) in [5.41, 5.74) is 6.87. The molecule has 206 valence electrons. The molecule has 6 aromatic rings. The van der Waals surface area contributed by atoms with Crippen molar-refractivity contribution in [3.05, 3.63) is 191 Å². The van der Waals surface area contributed by atoms with E-state index in [9.17, 15) is 10.2 Å². The first-order valence-electron chi connectivity index (χ1n) is 13.9. The van der Waals surface area contributed by atoms with Gasteiger partial charge in [-0.15, -0.1) is 11.4 Å². The molecule has 0 amide bonds. The molecule has 0 radical (unpaired) electrons. The van der Waals surface area contributed by atoms with Crippen LogP contribution < -0.4 is 0 Å². The van der Waals surface area contributed by atoms with Crippen LogP contribution in [0.4, 0.5) is 11.4 Å². The summed E-state index contributed by atoms with van der Waals surface area (Å²) in [5.74, 6) is 0.410. The van der Waals surface area contributed by atoms with Crippen molar-refractivity contribution in [2.45, 2.75) is 12.1 Å². The summed E-state index contributed by atoms with van der Waals surface area (Å²) < 4.78 is 0. The quantitative estimate of drug-likeness (QED) is 0.160. The van der Waals surface area contributed by atoms with Gasteiger partial charge in [0, 0.05) is 0 Å². The van der Waals surface area contributed by atoms with Crippen molar-refractivity contribution in [2.24, 2.45) is 0 Å². The van der Waals surface area contributed by atoms with Crippen LogP contribution in [0, 0.1) is 0 Å². The maximum absolute atomic E-state index is 10.8. The smallest absolute Gasteiger partial charge is 0.674 e. The molecule has 0 aliphatic rings. The van der Waals surface area contributed by atoms with Crippen molar-refractivity contribution in [3.63, 3.8) is 0 Å². The van der Waals surface area contributed by atoms with E-state index in [-0.39, 0.29) is 31.0 Å². The van der Waals surface area contributed by atoms with Crippen LogP contribution in [0.1, 0.15) is 34.3 Å². The molecule has 2 atom stereocenters. The van der Waals surface area contributed by atoms with Gasteiger partial charge in [-0.2, -0.15) is 0 Å². The molecule has 5 heteroatoms. The number of rotatable bonds is 9. The van der Waals surface area contributed by atoms with Crippen molar-refractivity contribution in [1.82, 2.24) is 0 Å².